The van der Waals surface area contributed by atoms with Crippen LogP contribution in [0.2, 0.25) is 0 Å². The summed E-state index contributed by atoms with van der Waals surface area (Å²) in [6.07, 6.45) is 1.71. The van der Waals surface area contributed by atoms with Gasteiger partial charge in [0, 0.05) is 6.20 Å². The number of benzene rings is 1. The van der Waals surface area contributed by atoms with Crippen molar-refractivity contribution in [2.75, 3.05) is 0 Å². The average molecular weight is 330 g/mol. The second-order valence-corrected chi connectivity index (χ2v) is 7.16. The van der Waals surface area contributed by atoms with Gasteiger partial charge in [0.25, 0.3) is 0 Å². The van der Waals surface area contributed by atoms with Gasteiger partial charge in [-0.15, -0.1) is 0 Å². The van der Waals surface area contributed by atoms with Gasteiger partial charge in [0.1, 0.15) is 5.58 Å². The van der Waals surface area contributed by atoms with E-state index in [1.807, 2.05) is 36.4 Å². The lowest BCUT2D eigenvalue weighted by Gasteiger charge is -2.19. The highest BCUT2D eigenvalue weighted by molar-refractivity contribution is 5.89. The van der Waals surface area contributed by atoms with Gasteiger partial charge >= 0.3 is 0 Å². The zero-order chi connectivity index (χ0) is 17.6. The number of hydrogen-bond donors (Lipinski definition) is 0. The number of nitrogens with zero attached hydrogens (tertiary/aromatic N) is 2. The molecule has 0 aliphatic heterocycles. The fourth-order valence-electron chi connectivity index (χ4n) is 2.86. The molecule has 0 amide bonds. The Morgan fingerprint density at radius 2 is 1.76 bits per heavy atom. The molecule has 4 heteroatoms. The van der Waals surface area contributed by atoms with Gasteiger partial charge in [-0.05, 0) is 47.4 Å². The highest BCUT2D eigenvalue weighted by atomic mass is 16.3. The SMILES string of the molecule is CC(C)(C)c1ccc2oc3nc(-c4ccccn4)ccc3c(=O)c2c1. The third-order valence-electron chi connectivity index (χ3n) is 4.33. The van der Waals surface area contributed by atoms with Crippen LogP contribution in [0.15, 0.2) is 63.9 Å². The van der Waals surface area contributed by atoms with Crippen LogP contribution < -0.4 is 5.43 Å². The minimum Gasteiger partial charge on any atom is -0.437 e. The molecule has 1 aromatic carbocycles. The van der Waals surface area contributed by atoms with Crippen LogP contribution in [-0.4, -0.2) is 9.97 Å². The molecule has 3 aromatic heterocycles. The summed E-state index contributed by atoms with van der Waals surface area (Å²) >= 11 is 0. The third kappa shape index (κ3) is 2.70. The van der Waals surface area contributed by atoms with E-state index >= 15 is 0 Å². The van der Waals surface area contributed by atoms with Crippen molar-refractivity contribution >= 4 is 22.1 Å². The molecule has 4 rings (SSSR count). The maximum Gasteiger partial charge on any atom is 0.231 e. The largest absolute Gasteiger partial charge is 0.437 e. The highest BCUT2D eigenvalue weighted by Crippen LogP contribution is 2.27. The number of fused-ring (bicyclic) bond motifs is 2. The summed E-state index contributed by atoms with van der Waals surface area (Å²) < 4.78 is 5.92. The average Bonchev–Trinajstić information content (AvgIpc) is 2.61. The van der Waals surface area contributed by atoms with Gasteiger partial charge in [-0.2, -0.15) is 0 Å². The lowest BCUT2D eigenvalue weighted by Crippen LogP contribution is -2.12. The minimum atomic E-state index is -0.0533. The zero-order valence-electron chi connectivity index (χ0n) is 14.4. The van der Waals surface area contributed by atoms with Gasteiger partial charge in [-0.3, -0.25) is 9.78 Å². The van der Waals surface area contributed by atoms with Crippen LogP contribution in [0.1, 0.15) is 26.3 Å². The molecule has 0 spiro atoms. The molecule has 0 radical (unpaired) electrons. The predicted octanol–water partition coefficient (Wildman–Crippen LogP) is 4.70. The number of hydrogen-bond acceptors (Lipinski definition) is 4. The molecule has 0 aliphatic carbocycles. The van der Waals surface area contributed by atoms with E-state index in [0.29, 0.717) is 27.8 Å². The van der Waals surface area contributed by atoms with Crippen LogP contribution >= 0.6 is 0 Å². The van der Waals surface area contributed by atoms with E-state index in [0.717, 1.165) is 11.3 Å². The van der Waals surface area contributed by atoms with Crippen LogP contribution in [0.25, 0.3) is 33.5 Å². The molecule has 0 fully saturated rings. The summed E-state index contributed by atoms with van der Waals surface area (Å²) in [5, 5.41) is 1.07. The summed E-state index contributed by atoms with van der Waals surface area (Å²) in [6.45, 7) is 6.37. The van der Waals surface area contributed by atoms with Gasteiger partial charge in [0.2, 0.25) is 11.1 Å². The lowest BCUT2D eigenvalue weighted by atomic mass is 9.86. The number of pyridine rings is 2. The summed E-state index contributed by atoms with van der Waals surface area (Å²) in [5.74, 6) is 0. The molecule has 0 bridgehead atoms. The predicted molar refractivity (Wildman–Crippen MR) is 99.7 cm³/mol. The molecule has 25 heavy (non-hydrogen) atoms. The van der Waals surface area contributed by atoms with E-state index in [-0.39, 0.29) is 10.8 Å². The minimum absolute atomic E-state index is 0.0311. The molecular formula is C21H18N2O2. The Hall–Kier alpha value is -3.01. The first kappa shape index (κ1) is 15.5. The molecule has 0 unspecified atom stereocenters. The fourth-order valence-corrected chi connectivity index (χ4v) is 2.86. The summed E-state index contributed by atoms with van der Waals surface area (Å²) in [5.41, 5.74) is 3.33. The van der Waals surface area contributed by atoms with Gasteiger partial charge in [-0.1, -0.05) is 32.9 Å². The normalized spacial score (nSPS) is 12.0. The van der Waals surface area contributed by atoms with Crippen LogP contribution in [0, 0.1) is 0 Å². The smallest absolute Gasteiger partial charge is 0.231 e. The van der Waals surface area contributed by atoms with E-state index in [2.05, 4.69) is 30.7 Å². The summed E-state index contributed by atoms with van der Waals surface area (Å²) in [7, 11) is 0. The Kier molecular flexibility index (Phi) is 3.42. The van der Waals surface area contributed by atoms with E-state index in [1.54, 1.807) is 18.3 Å². The maximum atomic E-state index is 12.9. The van der Waals surface area contributed by atoms with Crippen molar-refractivity contribution in [3.05, 3.63) is 70.5 Å². The first-order valence-electron chi connectivity index (χ1n) is 8.23. The first-order chi connectivity index (χ1) is 11.9. The Morgan fingerprint density at radius 3 is 2.48 bits per heavy atom. The standard InChI is InChI=1S/C21H18N2O2/c1-21(2,3)13-7-10-18-15(12-13)19(24)14-8-9-17(23-20(14)25-18)16-6-4-5-11-22-16/h4-12H,1-3H3. The van der Waals surface area contributed by atoms with Crippen LogP contribution in [0.4, 0.5) is 0 Å². The van der Waals surface area contributed by atoms with Crippen LogP contribution in [-0.2, 0) is 5.41 Å². The first-order valence-corrected chi connectivity index (χ1v) is 8.23. The fraction of sp³-hybridized carbons (Fsp3) is 0.190. The Bertz CT molecular complexity index is 1140. The highest BCUT2D eigenvalue weighted by Gasteiger charge is 2.17. The quantitative estimate of drug-likeness (QED) is 0.475. The van der Waals surface area contributed by atoms with Crippen molar-refractivity contribution in [3.63, 3.8) is 0 Å². The molecule has 124 valence electrons. The Labute approximate surface area is 145 Å². The topological polar surface area (TPSA) is 56.0 Å². The van der Waals surface area contributed by atoms with Gasteiger partial charge < -0.3 is 4.42 Å². The van der Waals surface area contributed by atoms with Crippen molar-refractivity contribution in [2.45, 2.75) is 26.2 Å². The monoisotopic (exact) mass is 330 g/mol. The zero-order valence-corrected chi connectivity index (χ0v) is 14.4. The van der Waals surface area contributed by atoms with Gasteiger partial charge in [0.15, 0.2) is 0 Å². The maximum absolute atomic E-state index is 12.9. The van der Waals surface area contributed by atoms with Crippen LogP contribution in [0.5, 0.6) is 0 Å². The number of rotatable bonds is 1. The van der Waals surface area contributed by atoms with Crippen molar-refractivity contribution in [2.24, 2.45) is 0 Å². The van der Waals surface area contributed by atoms with E-state index in [1.165, 1.54) is 0 Å². The van der Waals surface area contributed by atoms with Crippen molar-refractivity contribution in [1.29, 1.82) is 0 Å². The molecular weight excluding hydrogens is 312 g/mol. The molecule has 0 aliphatic rings. The van der Waals surface area contributed by atoms with Gasteiger partial charge in [-0.25, -0.2) is 4.98 Å². The Balaban J connectivity index is 1.97. The molecule has 4 nitrogen and oxygen atoms in total. The number of aromatic nitrogens is 2. The Morgan fingerprint density at radius 1 is 0.920 bits per heavy atom. The van der Waals surface area contributed by atoms with Crippen LogP contribution in [0.3, 0.4) is 0 Å². The van der Waals surface area contributed by atoms with Crippen molar-refractivity contribution in [1.82, 2.24) is 9.97 Å². The second kappa shape index (κ2) is 5.52. The van der Waals surface area contributed by atoms with Gasteiger partial charge in [0.05, 0.1) is 22.2 Å². The van der Waals surface area contributed by atoms with E-state index < -0.39 is 0 Å². The molecule has 4 aromatic rings. The third-order valence-corrected chi connectivity index (χ3v) is 4.33. The van der Waals surface area contributed by atoms with Crippen molar-refractivity contribution < 1.29 is 4.42 Å². The van der Waals surface area contributed by atoms with E-state index in [9.17, 15) is 4.79 Å². The molecule has 0 saturated heterocycles. The lowest BCUT2D eigenvalue weighted by molar-refractivity contribution is 0.589. The van der Waals surface area contributed by atoms with Crippen molar-refractivity contribution in [3.8, 4) is 11.4 Å². The molecule has 3 heterocycles. The summed E-state index contributed by atoms with van der Waals surface area (Å²) in [6, 6.07) is 15.0. The molecule has 0 N–H and O–H groups in total. The second-order valence-electron chi connectivity index (χ2n) is 7.16. The molecule has 0 atom stereocenters. The summed E-state index contributed by atoms with van der Waals surface area (Å²) in [4.78, 5) is 21.7. The molecule has 0 saturated carbocycles. The van der Waals surface area contributed by atoms with E-state index in [4.69, 9.17) is 4.42 Å².